The van der Waals surface area contributed by atoms with Gasteiger partial charge in [-0.15, -0.1) is 6.58 Å². The van der Waals surface area contributed by atoms with Crippen molar-refractivity contribution >= 4 is 23.8 Å². The van der Waals surface area contributed by atoms with Gasteiger partial charge in [0.05, 0.1) is 0 Å². The van der Waals surface area contributed by atoms with E-state index in [4.69, 9.17) is 15.6 Å². The Morgan fingerprint density at radius 3 is 2.47 bits per heavy atom. The molecular weight excluding hydrogens is 268 g/mol. The SMILES string of the molecule is C=C[C@](N)(CSCCNC(=O)OC(C)(C)C)C(=O)O. The molecule has 19 heavy (non-hydrogen) atoms. The second kappa shape index (κ2) is 7.40. The van der Waals surface area contributed by atoms with Crippen molar-refractivity contribution in [2.75, 3.05) is 18.1 Å². The quantitative estimate of drug-likeness (QED) is 0.481. The van der Waals surface area contributed by atoms with Crippen LogP contribution in [0.15, 0.2) is 12.7 Å². The minimum absolute atomic E-state index is 0.196. The first-order valence-electron chi connectivity index (χ1n) is 5.81. The molecule has 6 nitrogen and oxygen atoms in total. The number of ether oxygens (including phenoxy) is 1. The first-order chi connectivity index (χ1) is 8.60. The molecule has 0 aliphatic heterocycles. The Hall–Kier alpha value is -1.21. The minimum Gasteiger partial charge on any atom is -0.480 e. The maximum atomic E-state index is 11.3. The van der Waals surface area contributed by atoms with Gasteiger partial charge in [-0.05, 0) is 20.8 Å². The van der Waals surface area contributed by atoms with E-state index in [1.807, 2.05) is 0 Å². The summed E-state index contributed by atoms with van der Waals surface area (Å²) in [5.41, 5.74) is 3.65. The summed E-state index contributed by atoms with van der Waals surface area (Å²) >= 11 is 1.33. The highest BCUT2D eigenvalue weighted by molar-refractivity contribution is 7.99. The molecule has 0 saturated carbocycles. The summed E-state index contributed by atoms with van der Waals surface area (Å²) < 4.78 is 5.05. The molecule has 0 bridgehead atoms. The average molecular weight is 290 g/mol. The fourth-order valence-corrected chi connectivity index (χ4v) is 1.96. The fourth-order valence-electron chi connectivity index (χ4n) is 0.988. The van der Waals surface area contributed by atoms with Gasteiger partial charge >= 0.3 is 12.1 Å². The third-order valence-electron chi connectivity index (χ3n) is 2.02. The number of nitrogens with two attached hydrogens (primary N) is 1. The predicted molar refractivity (Wildman–Crippen MR) is 76.3 cm³/mol. The molecule has 0 aromatic heterocycles. The average Bonchev–Trinajstić information content (AvgIpc) is 2.25. The molecule has 0 aliphatic rings. The molecule has 0 spiro atoms. The molecule has 0 radical (unpaired) electrons. The van der Waals surface area contributed by atoms with Crippen LogP contribution in [0.5, 0.6) is 0 Å². The lowest BCUT2D eigenvalue weighted by atomic mass is 10.1. The van der Waals surface area contributed by atoms with Crippen molar-refractivity contribution in [3.8, 4) is 0 Å². The Balaban J connectivity index is 3.85. The van der Waals surface area contributed by atoms with E-state index in [0.717, 1.165) is 0 Å². The molecule has 0 heterocycles. The summed E-state index contributed by atoms with van der Waals surface area (Å²) in [6, 6.07) is 0. The van der Waals surface area contributed by atoms with Crippen LogP contribution in [-0.4, -0.2) is 46.4 Å². The largest absolute Gasteiger partial charge is 0.480 e. The molecule has 0 aromatic carbocycles. The number of carbonyl (C=O) groups excluding carboxylic acids is 1. The monoisotopic (exact) mass is 290 g/mol. The highest BCUT2D eigenvalue weighted by atomic mass is 32.2. The van der Waals surface area contributed by atoms with Gasteiger partial charge in [-0.3, -0.25) is 0 Å². The van der Waals surface area contributed by atoms with Crippen molar-refractivity contribution in [2.45, 2.75) is 31.9 Å². The lowest BCUT2D eigenvalue weighted by Crippen LogP contribution is -2.48. The van der Waals surface area contributed by atoms with E-state index in [0.29, 0.717) is 12.3 Å². The zero-order valence-corrected chi connectivity index (χ0v) is 12.4. The van der Waals surface area contributed by atoms with Crippen LogP contribution in [0.25, 0.3) is 0 Å². The summed E-state index contributed by atoms with van der Waals surface area (Å²) in [6.45, 7) is 9.13. The molecule has 0 aliphatic carbocycles. The van der Waals surface area contributed by atoms with E-state index in [9.17, 15) is 9.59 Å². The van der Waals surface area contributed by atoms with Crippen molar-refractivity contribution < 1.29 is 19.4 Å². The number of rotatable bonds is 7. The smallest absolute Gasteiger partial charge is 0.407 e. The van der Waals surface area contributed by atoms with E-state index in [1.165, 1.54) is 17.8 Å². The van der Waals surface area contributed by atoms with E-state index in [2.05, 4.69) is 11.9 Å². The molecule has 7 heteroatoms. The van der Waals surface area contributed by atoms with Gasteiger partial charge in [-0.2, -0.15) is 11.8 Å². The van der Waals surface area contributed by atoms with Gasteiger partial charge in [0.2, 0.25) is 0 Å². The Morgan fingerprint density at radius 1 is 1.47 bits per heavy atom. The highest BCUT2D eigenvalue weighted by Crippen LogP contribution is 2.12. The number of carboxylic acids is 1. The molecule has 0 aromatic rings. The number of hydrogen-bond donors (Lipinski definition) is 3. The number of amides is 1. The van der Waals surface area contributed by atoms with Crippen LogP contribution < -0.4 is 11.1 Å². The van der Waals surface area contributed by atoms with Gasteiger partial charge in [0.25, 0.3) is 0 Å². The fraction of sp³-hybridized carbons (Fsp3) is 0.667. The van der Waals surface area contributed by atoms with Crippen LogP contribution in [0.2, 0.25) is 0 Å². The standard InChI is InChI=1S/C12H22N2O4S/c1-5-12(13,9(15)16)8-19-7-6-14-10(17)18-11(2,3)4/h5H,1,6-8,13H2,2-4H3,(H,14,17)(H,15,16)/t12-/m0/s1. The van der Waals surface area contributed by atoms with Gasteiger partial charge < -0.3 is 20.9 Å². The Kier molecular flexibility index (Phi) is 6.93. The number of carboxylic acid groups (broad SMARTS) is 1. The van der Waals surface area contributed by atoms with Gasteiger partial charge in [-0.25, -0.2) is 9.59 Å². The molecule has 0 unspecified atom stereocenters. The lowest BCUT2D eigenvalue weighted by molar-refractivity contribution is -0.140. The number of alkyl carbamates (subject to hydrolysis) is 1. The third-order valence-corrected chi connectivity index (χ3v) is 3.19. The van der Waals surface area contributed by atoms with Crippen molar-refractivity contribution in [3.63, 3.8) is 0 Å². The van der Waals surface area contributed by atoms with Crippen molar-refractivity contribution in [1.29, 1.82) is 0 Å². The van der Waals surface area contributed by atoms with Crippen LogP contribution >= 0.6 is 11.8 Å². The molecule has 0 saturated heterocycles. The highest BCUT2D eigenvalue weighted by Gasteiger charge is 2.29. The summed E-state index contributed by atoms with van der Waals surface area (Å²) in [5.74, 6) is -0.378. The summed E-state index contributed by atoms with van der Waals surface area (Å²) in [5, 5.41) is 11.5. The normalized spacial score (nSPS) is 14.3. The Labute approximate surface area is 117 Å². The number of thioether (sulfide) groups is 1. The van der Waals surface area contributed by atoms with Gasteiger partial charge in [0.1, 0.15) is 11.1 Å². The molecule has 0 fully saturated rings. The summed E-state index contributed by atoms with van der Waals surface area (Å²) in [7, 11) is 0. The second-order valence-corrected chi connectivity index (χ2v) is 6.14. The number of carbonyl (C=O) groups is 2. The topological polar surface area (TPSA) is 102 Å². The van der Waals surface area contributed by atoms with Crippen molar-refractivity contribution in [3.05, 3.63) is 12.7 Å². The summed E-state index contributed by atoms with van der Waals surface area (Å²) in [6.07, 6.45) is 0.720. The second-order valence-electron chi connectivity index (χ2n) is 5.03. The number of aliphatic carboxylic acids is 1. The van der Waals surface area contributed by atoms with Gasteiger partial charge in [0.15, 0.2) is 0 Å². The molecule has 4 N–H and O–H groups in total. The molecule has 0 rings (SSSR count). The zero-order chi connectivity index (χ0) is 15.1. The first kappa shape index (κ1) is 17.8. The van der Waals surface area contributed by atoms with E-state index >= 15 is 0 Å². The van der Waals surface area contributed by atoms with E-state index in [1.54, 1.807) is 20.8 Å². The lowest BCUT2D eigenvalue weighted by Gasteiger charge is -2.20. The van der Waals surface area contributed by atoms with Crippen LogP contribution in [0, 0.1) is 0 Å². The van der Waals surface area contributed by atoms with Crippen LogP contribution in [0.3, 0.4) is 0 Å². The molecule has 110 valence electrons. The van der Waals surface area contributed by atoms with Crippen LogP contribution in [-0.2, 0) is 9.53 Å². The third kappa shape index (κ3) is 7.74. The maximum Gasteiger partial charge on any atom is 0.407 e. The maximum absolute atomic E-state index is 11.3. The summed E-state index contributed by atoms with van der Waals surface area (Å²) in [4.78, 5) is 22.2. The predicted octanol–water partition coefficient (Wildman–Crippen LogP) is 1.21. The molecule has 1 atom stereocenters. The Bertz CT molecular complexity index is 341. The minimum atomic E-state index is -1.43. The van der Waals surface area contributed by atoms with E-state index < -0.39 is 23.2 Å². The molecular formula is C12H22N2O4S. The van der Waals surface area contributed by atoms with Gasteiger partial charge in [0, 0.05) is 18.1 Å². The van der Waals surface area contributed by atoms with Crippen molar-refractivity contribution in [1.82, 2.24) is 5.32 Å². The van der Waals surface area contributed by atoms with E-state index in [-0.39, 0.29) is 5.75 Å². The van der Waals surface area contributed by atoms with Crippen LogP contribution in [0.4, 0.5) is 4.79 Å². The van der Waals surface area contributed by atoms with Gasteiger partial charge in [-0.1, -0.05) is 6.08 Å². The molecule has 1 amide bonds. The zero-order valence-electron chi connectivity index (χ0n) is 11.6. The Morgan fingerprint density at radius 2 is 2.05 bits per heavy atom. The number of nitrogens with one attached hydrogen (secondary N) is 1. The number of hydrogen-bond acceptors (Lipinski definition) is 5. The van der Waals surface area contributed by atoms with Crippen LogP contribution in [0.1, 0.15) is 20.8 Å². The first-order valence-corrected chi connectivity index (χ1v) is 6.96. The van der Waals surface area contributed by atoms with Crippen molar-refractivity contribution in [2.24, 2.45) is 5.73 Å².